The average Bonchev–Trinajstić information content (AvgIpc) is 2.26. The molecule has 0 bridgehead atoms. The number of piperidine rings is 1. The quantitative estimate of drug-likeness (QED) is 0.716. The van der Waals surface area contributed by atoms with Crippen LogP contribution in [0.2, 0.25) is 0 Å². The van der Waals surface area contributed by atoms with Gasteiger partial charge in [-0.25, -0.2) is 0 Å². The predicted octanol–water partition coefficient (Wildman–Crippen LogP) is 1.74. The van der Waals surface area contributed by atoms with E-state index < -0.39 is 18.0 Å². The maximum Gasteiger partial charge on any atom is 0.463 e. The summed E-state index contributed by atoms with van der Waals surface area (Å²) in [7, 11) is 3.60. The number of alkyl halides is 5. The first-order chi connectivity index (χ1) is 8.07. The van der Waals surface area contributed by atoms with Crippen LogP contribution in [0.4, 0.5) is 22.0 Å². The van der Waals surface area contributed by atoms with Gasteiger partial charge in [0.15, 0.2) is 0 Å². The molecule has 1 aliphatic heterocycles. The normalized spacial score (nSPS) is 19.4. The van der Waals surface area contributed by atoms with Crippen molar-refractivity contribution in [3.8, 4) is 0 Å². The second-order valence-corrected chi connectivity index (χ2v) is 4.56. The number of halogens is 5. The molecule has 1 amide bonds. The number of likely N-dealkylation sites (tertiary alicyclic amines) is 1. The van der Waals surface area contributed by atoms with Crippen molar-refractivity contribution in [2.75, 3.05) is 27.2 Å². The first-order valence-electron chi connectivity index (χ1n) is 5.47. The van der Waals surface area contributed by atoms with E-state index in [1.807, 2.05) is 4.90 Å². The Morgan fingerprint density at radius 1 is 1.11 bits per heavy atom. The van der Waals surface area contributed by atoms with E-state index in [4.69, 9.17) is 0 Å². The minimum absolute atomic E-state index is 0.0760. The lowest BCUT2D eigenvalue weighted by Gasteiger charge is -2.36. The van der Waals surface area contributed by atoms with Gasteiger partial charge in [0, 0.05) is 19.1 Å². The van der Waals surface area contributed by atoms with Crippen molar-refractivity contribution in [2.45, 2.75) is 31.0 Å². The van der Waals surface area contributed by atoms with Crippen LogP contribution in [0.25, 0.3) is 0 Å². The van der Waals surface area contributed by atoms with Crippen LogP contribution >= 0.6 is 0 Å². The molecule has 0 atom stereocenters. The largest absolute Gasteiger partial charge is 0.463 e. The van der Waals surface area contributed by atoms with E-state index in [-0.39, 0.29) is 19.1 Å². The molecule has 3 nitrogen and oxygen atoms in total. The Morgan fingerprint density at radius 3 is 1.89 bits per heavy atom. The van der Waals surface area contributed by atoms with Crippen molar-refractivity contribution in [3.63, 3.8) is 0 Å². The van der Waals surface area contributed by atoms with Gasteiger partial charge in [0.1, 0.15) is 0 Å². The lowest BCUT2D eigenvalue weighted by Crippen LogP contribution is -2.55. The van der Waals surface area contributed by atoms with E-state index in [1.165, 1.54) is 0 Å². The van der Waals surface area contributed by atoms with Gasteiger partial charge < -0.3 is 9.80 Å². The molecule has 1 fully saturated rings. The SMILES string of the molecule is CN(C)C1CCN(C(=O)C(F)(F)C(F)(F)F)CC1. The van der Waals surface area contributed by atoms with Crippen LogP contribution in [0.3, 0.4) is 0 Å². The van der Waals surface area contributed by atoms with Gasteiger partial charge in [0.25, 0.3) is 0 Å². The maximum atomic E-state index is 12.8. The summed E-state index contributed by atoms with van der Waals surface area (Å²) in [5, 5.41) is 0. The maximum absolute atomic E-state index is 12.8. The summed E-state index contributed by atoms with van der Waals surface area (Å²) in [6.07, 6.45) is -5.04. The highest BCUT2D eigenvalue weighted by molar-refractivity contribution is 5.84. The molecule has 0 unspecified atom stereocenters. The highest BCUT2D eigenvalue weighted by atomic mass is 19.4. The zero-order chi connectivity index (χ0) is 14.1. The molecular weight excluding hydrogens is 259 g/mol. The fourth-order valence-corrected chi connectivity index (χ4v) is 1.91. The van der Waals surface area contributed by atoms with Crippen LogP contribution in [0.1, 0.15) is 12.8 Å². The van der Waals surface area contributed by atoms with Gasteiger partial charge in [0.05, 0.1) is 0 Å². The minimum Gasteiger partial charge on any atom is -0.337 e. The molecule has 0 aromatic heterocycles. The molecule has 0 aliphatic carbocycles. The molecule has 0 saturated carbocycles. The van der Waals surface area contributed by atoms with E-state index in [0.717, 1.165) is 0 Å². The predicted molar refractivity (Wildman–Crippen MR) is 54.3 cm³/mol. The van der Waals surface area contributed by atoms with Crippen molar-refractivity contribution in [1.82, 2.24) is 9.80 Å². The Balaban J connectivity index is 2.66. The standard InChI is InChI=1S/C10H15F5N2O/c1-16(2)7-3-5-17(6-4-7)8(18)9(11,12)10(13,14)15/h7H,3-6H2,1-2H3. The number of hydrogen-bond donors (Lipinski definition) is 0. The number of hydrogen-bond acceptors (Lipinski definition) is 2. The molecule has 106 valence electrons. The van der Waals surface area contributed by atoms with E-state index in [2.05, 4.69) is 0 Å². The van der Waals surface area contributed by atoms with Crippen LogP contribution in [-0.2, 0) is 4.79 Å². The zero-order valence-electron chi connectivity index (χ0n) is 10.1. The monoisotopic (exact) mass is 274 g/mol. The van der Waals surface area contributed by atoms with Crippen LogP contribution in [-0.4, -0.2) is 61.0 Å². The number of carbonyl (C=O) groups is 1. The third-order valence-electron chi connectivity index (χ3n) is 3.11. The molecule has 1 rings (SSSR count). The zero-order valence-corrected chi connectivity index (χ0v) is 10.1. The highest BCUT2D eigenvalue weighted by Gasteiger charge is 2.64. The third kappa shape index (κ3) is 2.90. The first kappa shape index (κ1) is 15.1. The number of rotatable bonds is 2. The number of nitrogens with zero attached hydrogens (tertiary/aromatic N) is 2. The lowest BCUT2D eigenvalue weighted by atomic mass is 10.0. The summed E-state index contributed by atoms with van der Waals surface area (Å²) < 4.78 is 61.8. The molecule has 1 heterocycles. The van der Waals surface area contributed by atoms with Crippen LogP contribution in [0, 0.1) is 0 Å². The van der Waals surface area contributed by atoms with E-state index in [0.29, 0.717) is 17.7 Å². The van der Waals surface area contributed by atoms with Gasteiger partial charge in [-0.05, 0) is 26.9 Å². The second-order valence-electron chi connectivity index (χ2n) is 4.56. The molecule has 18 heavy (non-hydrogen) atoms. The second kappa shape index (κ2) is 4.99. The average molecular weight is 274 g/mol. The molecule has 0 spiro atoms. The Bertz CT molecular complexity index is 308. The fourth-order valence-electron chi connectivity index (χ4n) is 1.91. The van der Waals surface area contributed by atoms with Gasteiger partial charge >= 0.3 is 18.0 Å². The molecule has 0 aromatic rings. The van der Waals surface area contributed by atoms with Crippen molar-refractivity contribution in [1.29, 1.82) is 0 Å². The van der Waals surface area contributed by atoms with Gasteiger partial charge in [-0.2, -0.15) is 22.0 Å². The molecular formula is C10H15F5N2O. The topological polar surface area (TPSA) is 23.6 Å². The van der Waals surface area contributed by atoms with Gasteiger partial charge in [0.2, 0.25) is 0 Å². The molecule has 0 radical (unpaired) electrons. The van der Waals surface area contributed by atoms with Crippen LogP contribution < -0.4 is 0 Å². The van der Waals surface area contributed by atoms with Crippen LogP contribution in [0.5, 0.6) is 0 Å². The van der Waals surface area contributed by atoms with E-state index >= 15 is 0 Å². The van der Waals surface area contributed by atoms with E-state index in [1.54, 1.807) is 14.1 Å². The van der Waals surface area contributed by atoms with Crippen molar-refractivity contribution < 1.29 is 26.7 Å². The minimum atomic E-state index is -5.83. The Morgan fingerprint density at radius 2 is 1.56 bits per heavy atom. The Labute approximate surface area is 102 Å². The number of amides is 1. The van der Waals surface area contributed by atoms with Gasteiger partial charge in [-0.15, -0.1) is 0 Å². The smallest absolute Gasteiger partial charge is 0.337 e. The summed E-state index contributed by atoms with van der Waals surface area (Å²) in [5.41, 5.74) is 0. The molecule has 0 N–H and O–H groups in total. The van der Waals surface area contributed by atoms with Gasteiger partial charge in [-0.1, -0.05) is 0 Å². The summed E-state index contributed by atoms with van der Waals surface area (Å²) >= 11 is 0. The molecule has 1 aliphatic rings. The first-order valence-corrected chi connectivity index (χ1v) is 5.47. The van der Waals surface area contributed by atoms with Crippen LogP contribution in [0.15, 0.2) is 0 Å². The summed E-state index contributed by atoms with van der Waals surface area (Å²) in [6, 6.07) is 0.105. The molecule has 0 aromatic carbocycles. The Hall–Kier alpha value is -0.920. The van der Waals surface area contributed by atoms with E-state index in [9.17, 15) is 26.7 Å². The van der Waals surface area contributed by atoms with Crippen molar-refractivity contribution in [3.05, 3.63) is 0 Å². The van der Waals surface area contributed by atoms with Crippen molar-refractivity contribution >= 4 is 5.91 Å². The van der Waals surface area contributed by atoms with Gasteiger partial charge in [-0.3, -0.25) is 4.79 Å². The lowest BCUT2D eigenvalue weighted by molar-refractivity contribution is -0.274. The fraction of sp³-hybridized carbons (Fsp3) is 0.900. The third-order valence-corrected chi connectivity index (χ3v) is 3.11. The Kier molecular flexibility index (Phi) is 4.19. The van der Waals surface area contributed by atoms with Crippen molar-refractivity contribution in [2.24, 2.45) is 0 Å². The summed E-state index contributed by atoms with van der Waals surface area (Å²) in [6.45, 7) is -0.152. The molecule has 1 saturated heterocycles. The summed E-state index contributed by atoms with van der Waals surface area (Å²) in [4.78, 5) is 13.6. The summed E-state index contributed by atoms with van der Waals surface area (Å²) in [5.74, 6) is -7.44. The molecule has 8 heteroatoms. The highest BCUT2D eigenvalue weighted by Crippen LogP contribution is 2.37. The number of carbonyl (C=O) groups excluding carboxylic acids is 1.